The first-order chi connectivity index (χ1) is 13.3. The summed E-state index contributed by atoms with van der Waals surface area (Å²) in [7, 11) is 0. The number of nitrogens with zero attached hydrogens (tertiary/aromatic N) is 5. The number of rotatable bonds is 4. The van der Waals surface area contributed by atoms with Crippen LogP contribution in [0.15, 0.2) is 40.9 Å². The third-order valence-electron chi connectivity index (χ3n) is 5.39. The summed E-state index contributed by atoms with van der Waals surface area (Å²) in [5.41, 5.74) is 2.53. The van der Waals surface area contributed by atoms with Crippen LogP contribution in [0.3, 0.4) is 0 Å². The van der Waals surface area contributed by atoms with Crippen LogP contribution >= 0.6 is 0 Å². The smallest absolute Gasteiger partial charge is 0.228 e. The van der Waals surface area contributed by atoms with Crippen molar-refractivity contribution in [1.29, 1.82) is 0 Å². The highest BCUT2D eigenvalue weighted by atomic mass is 16.5. The summed E-state index contributed by atoms with van der Waals surface area (Å²) in [6, 6.07) is 11.8. The van der Waals surface area contributed by atoms with Gasteiger partial charge in [-0.15, -0.1) is 5.10 Å². The lowest BCUT2D eigenvalue weighted by Gasteiger charge is -2.35. The molecule has 1 saturated heterocycles. The number of hydrogen-bond donors (Lipinski definition) is 0. The second-order valence-corrected chi connectivity index (χ2v) is 7.26. The molecule has 1 amide bonds. The monoisotopic (exact) mass is 363 g/mol. The molecule has 1 aliphatic carbocycles. The third kappa shape index (κ3) is 3.25. The van der Waals surface area contributed by atoms with E-state index in [0.717, 1.165) is 35.6 Å². The van der Waals surface area contributed by atoms with Crippen LogP contribution in [0.2, 0.25) is 0 Å². The van der Waals surface area contributed by atoms with E-state index in [2.05, 4.69) is 32.4 Å². The average molecular weight is 363 g/mol. The number of benzene rings is 1. The Kier molecular flexibility index (Phi) is 3.99. The number of hydrogen-bond acceptors (Lipinski definition) is 6. The molecule has 0 atom stereocenters. The van der Waals surface area contributed by atoms with Gasteiger partial charge >= 0.3 is 0 Å². The molecule has 0 bridgehead atoms. The van der Waals surface area contributed by atoms with Crippen LogP contribution in [-0.4, -0.2) is 52.3 Å². The minimum atomic E-state index is 0.0869. The van der Waals surface area contributed by atoms with Crippen LogP contribution in [0.5, 0.6) is 0 Å². The van der Waals surface area contributed by atoms with Crippen LogP contribution in [0.25, 0.3) is 11.0 Å². The van der Waals surface area contributed by atoms with Crippen molar-refractivity contribution in [2.24, 2.45) is 0 Å². The summed E-state index contributed by atoms with van der Waals surface area (Å²) in [4.78, 5) is 16.8. The molecule has 138 valence electrons. The van der Waals surface area contributed by atoms with Crippen molar-refractivity contribution in [2.75, 3.05) is 31.1 Å². The highest BCUT2D eigenvalue weighted by molar-refractivity contribution is 5.86. The molecule has 7 nitrogen and oxygen atoms in total. The van der Waals surface area contributed by atoms with Gasteiger partial charge in [-0.2, -0.15) is 5.10 Å². The predicted octanol–water partition coefficient (Wildman–Crippen LogP) is 2.39. The maximum Gasteiger partial charge on any atom is 0.228 e. The quantitative estimate of drug-likeness (QED) is 0.708. The lowest BCUT2D eigenvalue weighted by Crippen LogP contribution is -2.49. The largest absolute Gasteiger partial charge is 0.356 e. The normalized spacial score (nSPS) is 17.5. The number of fused-ring (bicyclic) bond motifs is 1. The minimum absolute atomic E-state index is 0.0869. The van der Waals surface area contributed by atoms with Crippen LogP contribution in [0.1, 0.15) is 30.1 Å². The molecule has 1 aliphatic heterocycles. The Morgan fingerprint density at radius 1 is 1.04 bits per heavy atom. The van der Waals surface area contributed by atoms with Crippen molar-refractivity contribution in [1.82, 2.24) is 20.3 Å². The Morgan fingerprint density at radius 3 is 2.59 bits per heavy atom. The van der Waals surface area contributed by atoms with E-state index in [0.29, 0.717) is 24.7 Å². The van der Waals surface area contributed by atoms with Gasteiger partial charge in [0.2, 0.25) is 5.91 Å². The Labute approximate surface area is 156 Å². The molecular formula is C20H21N5O2. The standard InChI is InChI=1S/C20H21N5O2/c26-20(13-17-15-3-1-2-4-18(15)27-23-17)25-11-9-24(10-12-25)19-8-7-16(21-22-19)14-5-6-14/h1-4,7-8,14H,5-6,9-13H2. The number of piperazine rings is 1. The van der Waals surface area contributed by atoms with Crippen LogP contribution in [-0.2, 0) is 11.2 Å². The first-order valence-electron chi connectivity index (χ1n) is 9.47. The van der Waals surface area contributed by atoms with Gasteiger partial charge in [-0.1, -0.05) is 17.3 Å². The molecule has 2 aliphatic rings. The van der Waals surface area contributed by atoms with E-state index in [9.17, 15) is 4.79 Å². The summed E-state index contributed by atoms with van der Waals surface area (Å²) in [6.07, 6.45) is 2.73. The zero-order chi connectivity index (χ0) is 18.2. The van der Waals surface area contributed by atoms with E-state index in [-0.39, 0.29) is 12.3 Å². The van der Waals surface area contributed by atoms with Gasteiger partial charge in [0, 0.05) is 37.5 Å². The molecule has 7 heteroatoms. The van der Waals surface area contributed by atoms with Crippen molar-refractivity contribution in [3.63, 3.8) is 0 Å². The van der Waals surface area contributed by atoms with Crippen LogP contribution in [0, 0.1) is 0 Å². The summed E-state index contributed by atoms with van der Waals surface area (Å²) in [6.45, 7) is 2.90. The minimum Gasteiger partial charge on any atom is -0.356 e. The van der Waals surface area contributed by atoms with Crippen molar-refractivity contribution in [2.45, 2.75) is 25.2 Å². The molecule has 0 radical (unpaired) electrons. The van der Waals surface area contributed by atoms with Crippen LogP contribution < -0.4 is 4.90 Å². The first kappa shape index (κ1) is 16.2. The molecule has 27 heavy (non-hydrogen) atoms. The zero-order valence-electron chi connectivity index (χ0n) is 15.0. The van der Waals surface area contributed by atoms with E-state index in [4.69, 9.17) is 4.52 Å². The van der Waals surface area contributed by atoms with Gasteiger partial charge in [0.25, 0.3) is 0 Å². The number of aromatic nitrogens is 3. The molecule has 2 aromatic heterocycles. The Morgan fingerprint density at radius 2 is 1.85 bits per heavy atom. The SMILES string of the molecule is O=C(Cc1noc2ccccc12)N1CCN(c2ccc(C3CC3)nn2)CC1. The van der Waals surface area contributed by atoms with Gasteiger partial charge in [-0.3, -0.25) is 4.79 Å². The fourth-order valence-electron chi connectivity index (χ4n) is 3.61. The van der Waals surface area contributed by atoms with Crippen molar-refractivity contribution in [3.8, 4) is 0 Å². The number of anilines is 1. The molecule has 3 heterocycles. The van der Waals surface area contributed by atoms with E-state index >= 15 is 0 Å². The van der Waals surface area contributed by atoms with Crippen LogP contribution in [0.4, 0.5) is 5.82 Å². The molecule has 0 N–H and O–H groups in total. The summed E-state index contributed by atoms with van der Waals surface area (Å²) in [5.74, 6) is 1.60. The fraction of sp³-hybridized carbons (Fsp3) is 0.400. The summed E-state index contributed by atoms with van der Waals surface area (Å²) < 4.78 is 5.30. The van der Waals surface area contributed by atoms with Gasteiger partial charge in [0.1, 0.15) is 5.69 Å². The Bertz CT molecular complexity index is 956. The lowest BCUT2D eigenvalue weighted by molar-refractivity contribution is -0.130. The average Bonchev–Trinajstić information content (AvgIpc) is 3.50. The summed E-state index contributed by atoms with van der Waals surface area (Å²) in [5, 5.41) is 13.7. The number of carbonyl (C=O) groups is 1. The second-order valence-electron chi connectivity index (χ2n) is 7.26. The van der Waals surface area contributed by atoms with Crippen molar-refractivity contribution < 1.29 is 9.32 Å². The number of carbonyl (C=O) groups excluding carboxylic acids is 1. The van der Waals surface area contributed by atoms with Crippen molar-refractivity contribution in [3.05, 3.63) is 47.8 Å². The lowest BCUT2D eigenvalue weighted by atomic mass is 10.1. The third-order valence-corrected chi connectivity index (χ3v) is 5.39. The molecule has 1 saturated carbocycles. The second kappa shape index (κ2) is 6.64. The molecule has 1 aromatic carbocycles. The number of amides is 1. The van der Waals surface area contributed by atoms with E-state index in [1.807, 2.05) is 29.2 Å². The Hall–Kier alpha value is -2.96. The fourth-order valence-corrected chi connectivity index (χ4v) is 3.61. The molecule has 0 spiro atoms. The van der Waals surface area contributed by atoms with Gasteiger partial charge in [0.15, 0.2) is 11.4 Å². The molecule has 2 fully saturated rings. The van der Waals surface area contributed by atoms with E-state index in [1.165, 1.54) is 12.8 Å². The van der Waals surface area contributed by atoms with E-state index < -0.39 is 0 Å². The number of para-hydroxylation sites is 1. The van der Waals surface area contributed by atoms with Gasteiger partial charge in [-0.05, 0) is 37.1 Å². The van der Waals surface area contributed by atoms with Gasteiger partial charge < -0.3 is 14.3 Å². The topological polar surface area (TPSA) is 75.4 Å². The molecule has 3 aromatic rings. The van der Waals surface area contributed by atoms with Gasteiger partial charge in [0.05, 0.1) is 12.1 Å². The summed E-state index contributed by atoms with van der Waals surface area (Å²) >= 11 is 0. The highest BCUT2D eigenvalue weighted by Gasteiger charge is 2.27. The molecule has 0 unspecified atom stereocenters. The van der Waals surface area contributed by atoms with Crippen molar-refractivity contribution >= 4 is 22.7 Å². The maximum absolute atomic E-state index is 12.7. The predicted molar refractivity (Wildman–Crippen MR) is 101 cm³/mol. The zero-order valence-corrected chi connectivity index (χ0v) is 15.0. The van der Waals surface area contributed by atoms with Gasteiger partial charge in [-0.25, -0.2) is 0 Å². The first-order valence-corrected chi connectivity index (χ1v) is 9.47. The maximum atomic E-state index is 12.7. The highest BCUT2D eigenvalue weighted by Crippen LogP contribution is 2.38. The molecular weight excluding hydrogens is 342 g/mol. The Balaban J connectivity index is 1.20. The van der Waals surface area contributed by atoms with E-state index in [1.54, 1.807) is 0 Å². The molecule has 5 rings (SSSR count).